The van der Waals surface area contributed by atoms with Crippen LogP contribution in [0.15, 0.2) is 169 Å². The Morgan fingerprint density at radius 1 is 0.319 bits per heavy atom. The molecule has 6 aromatic heterocycles. The van der Waals surface area contributed by atoms with Crippen molar-refractivity contribution in [3.63, 3.8) is 0 Å². The smallest absolute Gasteiger partial charge is 0.226 e. The molecule has 6 aromatic carbocycles. The van der Waals surface area contributed by atoms with Gasteiger partial charge in [-0.1, -0.05) is 58.7 Å². The maximum absolute atomic E-state index is 15.1. The molecule has 4 aliphatic carbocycles. The molecule has 0 atom stereocenters. The minimum Gasteiger partial charge on any atom is -0.493 e. The summed E-state index contributed by atoms with van der Waals surface area (Å²) >= 11 is 0. The number of carbonyl (C=O) groups is 4. The summed E-state index contributed by atoms with van der Waals surface area (Å²) in [6, 6.07) is 33.9. The molecule has 8 saturated heterocycles. The number of aromatic nitrogens is 6. The average molecular weight is 1960 g/mol. The number of methoxy groups -OCH3 is 4. The van der Waals surface area contributed by atoms with Crippen molar-refractivity contribution in [3.05, 3.63) is 225 Å². The summed E-state index contributed by atoms with van der Waals surface area (Å²) in [5, 5.41) is 2.96. The van der Waals surface area contributed by atoms with E-state index in [0.29, 0.717) is 171 Å². The molecule has 0 saturated carbocycles. The highest BCUT2D eigenvalue weighted by atomic mass is 19.1. The van der Waals surface area contributed by atoms with Crippen LogP contribution in [0.5, 0.6) is 92.0 Å². The highest BCUT2D eigenvalue weighted by Crippen LogP contribution is 2.48. The number of pyridine rings is 6. The van der Waals surface area contributed by atoms with E-state index in [-0.39, 0.29) is 76.4 Å². The molecular formula is C112H112F2N10O20. The van der Waals surface area contributed by atoms with Crippen molar-refractivity contribution in [2.75, 3.05) is 160 Å². The molecule has 4 spiro atoms. The molecule has 0 radical (unpaired) electrons. The molecule has 0 unspecified atom stereocenters. The van der Waals surface area contributed by atoms with Crippen LogP contribution in [0.2, 0.25) is 0 Å². The third-order valence-corrected chi connectivity index (χ3v) is 28.3. The van der Waals surface area contributed by atoms with E-state index >= 15 is 8.78 Å². The van der Waals surface area contributed by atoms with Crippen molar-refractivity contribution in [2.45, 2.75) is 91.9 Å². The Labute approximate surface area is 831 Å². The number of carbonyl (C=O) groups excluding carboxylic acids is 4. The third kappa shape index (κ3) is 20.0. The van der Waals surface area contributed by atoms with Gasteiger partial charge >= 0.3 is 0 Å². The zero-order valence-electron chi connectivity index (χ0n) is 81.8. The standard InChI is InChI=1S/C29H30N2O5.C28H28FN3O5.C28H28N2O5.C27H26FN3O5/c1-19-10-20-5-6-22(12-21(20)11-19)36-25-7-8-30-24-14-27(26(33-2)13-23(24)25)35-9-3-4-28(32)31-15-29(16-31)17-34-18-29;1-17-8-19-20(9-17)31-12-25(27(19)29)37-22-5-6-30-21-11-24(23(34-2)10-18(21)22)36-7-3-4-26(33)32-13-28(14-32)15-35-16-28;1-18-9-19-3-4-21(11-20(19)10-18)35-24-5-7-29-23-13-26(25(32-2)12-22(23)24)34-8-6-27(31)30-14-28(15-30)16-33-17-28;1-16-7-18-19(8-16)30-11-24(26(18)28)36-21-3-5-29-20-10-23(22(33-2)9-17(20)21)35-6-4-25(32)31-12-27(13-31)14-34-15-27/h5-8,11-14H,3-4,9-10,15-18H2,1-2H3;5-6,8,10-12H,3-4,7,9,13-16H2,1-2H3;3-5,7,10-13H,6,8-9,14-17H2,1-2H3;3,5,7,9-11H,4,6,8,12-15H2,1-2H3. The Kier molecular flexibility index (Phi) is 26.7. The number of hydrogen-bond acceptors (Lipinski definition) is 26. The number of rotatable bonds is 30. The lowest BCUT2D eigenvalue weighted by atomic mass is 9.78. The monoisotopic (exact) mass is 1950 g/mol. The summed E-state index contributed by atoms with van der Waals surface area (Å²) in [5.41, 5.74) is 15.8. The first-order valence-electron chi connectivity index (χ1n) is 48.7. The third-order valence-electron chi connectivity index (χ3n) is 28.3. The van der Waals surface area contributed by atoms with Gasteiger partial charge < -0.3 is 95.4 Å². The van der Waals surface area contributed by atoms with Gasteiger partial charge in [-0.15, -0.1) is 0 Å². The van der Waals surface area contributed by atoms with Gasteiger partial charge in [0.2, 0.25) is 23.6 Å². The summed E-state index contributed by atoms with van der Waals surface area (Å²) in [5.74, 6) is 7.87. The number of benzene rings is 6. The minimum absolute atomic E-state index is 0.0474. The molecule has 12 aromatic rings. The van der Waals surface area contributed by atoms with Crippen LogP contribution in [0, 0.1) is 33.3 Å². The van der Waals surface area contributed by atoms with Gasteiger partial charge in [0.25, 0.3) is 0 Å². The number of ether oxygens (including phenoxy) is 16. The molecule has 12 aliphatic rings. The number of amides is 4. The molecule has 30 nitrogen and oxygen atoms in total. The largest absolute Gasteiger partial charge is 0.493 e. The molecule has 0 N–H and O–H groups in total. The number of fused-ring (bicyclic) bond motifs is 8. The summed E-state index contributed by atoms with van der Waals surface area (Å²) in [4.78, 5) is 83.9. The van der Waals surface area contributed by atoms with E-state index in [1.165, 1.54) is 52.9 Å². The Bertz CT molecular complexity index is 7180. The van der Waals surface area contributed by atoms with Crippen molar-refractivity contribution < 1.29 is 104 Å². The maximum Gasteiger partial charge on any atom is 0.226 e. The molecule has 8 aliphatic heterocycles. The van der Waals surface area contributed by atoms with Crippen LogP contribution in [0.1, 0.15) is 111 Å². The molecule has 14 heterocycles. The summed E-state index contributed by atoms with van der Waals surface area (Å²) in [7, 11) is 6.31. The Morgan fingerprint density at radius 3 is 0.910 bits per heavy atom. The minimum atomic E-state index is -0.434. The van der Waals surface area contributed by atoms with Gasteiger partial charge in [0.1, 0.15) is 34.5 Å². The second kappa shape index (κ2) is 40.3. The topological polar surface area (TPSA) is 306 Å². The van der Waals surface area contributed by atoms with E-state index in [0.717, 1.165) is 163 Å². The number of likely N-dealkylation sites (tertiary alicyclic amines) is 4. The molecule has 32 heteroatoms. The van der Waals surface area contributed by atoms with Gasteiger partial charge in [0, 0.05) is 160 Å². The first kappa shape index (κ1) is 95.6. The predicted octanol–water partition coefficient (Wildman–Crippen LogP) is 18.3. The Balaban J connectivity index is 0.000000113. The summed E-state index contributed by atoms with van der Waals surface area (Å²) in [6.45, 7) is 21.9. The van der Waals surface area contributed by atoms with E-state index in [1.54, 1.807) is 94.7 Å². The second-order valence-electron chi connectivity index (χ2n) is 39.8. The molecule has 4 amide bonds. The Hall–Kier alpha value is -14.6. The molecule has 24 rings (SSSR count). The van der Waals surface area contributed by atoms with Gasteiger partial charge in [0.15, 0.2) is 69.1 Å². The van der Waals surface area contributed by atoms with Crippen LogP contribution in [0.25, 0.3) is 67.9 Å². The lowest BCUT2D eigenvalue weighted by Crippen LogP contribution is -2.67. The molecule has 744 valence electrons. The number of halogens is 2. The predicted molar refractivity (Wildman–Crippen MR) is 533 cm³/mol. The fourth-order valence-corrected chi connectivity index (χ4v) is 20.4. The van der Waals surface area contributed by atoms with Crippen molar-refractivity contribution in [1.29, 1.82) is 0 Å². The van der Waals surface area contributed by atoms with Crippen LogP contribution in [-0.2, 0) is 63.8 Å². The first-order valence-corrected chi connectivity index (χ1v) is 48.7. The van der Waals surface area contributed by atoms with Crippen LogP contribution in [0.4, 0.5) is 8.78 Å². The van der Waals surface area contributed by atoms with Gasteiger partial charge in [-0.05, 0) is 148 Å². The summed E-state index contributed by atoms with van der Waals surface area (Å²) < 4.78 is 122. The lowest BCUT2D eigenvalue weighted by Gasteiger charge is -2.55. The SMILES string of the molecule is COc1cc2c(Oc3ccc4c(c3)C=C(C)C4)ccnc2cc1OCCC(=O)N1CC2(COC2)C1.COc1cc2c(Oc3ccc4c(c3)C=C(C)C4)ccnc2cc1OCCCC(=O)N1CC2(COC2)C1.COc1cc2c(Oc3cnc4c(c3F)C=C(C)C4)ccnc2cc1OCCC(=O)N1CC2(COC2)C1.COc1cc2c(Oc3cnc4c(c3F)C=C(C)C4)ccnc2cc1OCCCC(=O)N1CC2(COC2)C1. The van der Waals surface area contributed by atoms with E-state index in [9.17, 15) is 19.2 Å². The number of hydrogen-bond donors (Lipinski definition) is 0. The first-order chi connectivity index (χ1) is 69.9. The van der Waals surface area contributed by atoms with E-state index in [2.05, 4.69) is 80.2 Å². The van der Waals surface area contributed by atoms with Gasteiger partial charge in [-0.3, -0.25) is 49.1 Å². The van der Waals surface area contributed by atoms with Crippen molar-refractivity contribution >= 4 is 91.5 Å². The Morgan fingerprint density at radius 2 is 0.611 bits per heavy atom. The van der Waals surface area contributed by atoms with Gasteiger partial charge in [-0.25, -0.2) is 8.78 Å². The van der Waals surface area contributed by atoms with Crippen LogP contribution < -0.4 is 56.8 Å². The van der Waals surface area contributed by atoms with Gasteiger partial charge in [0.05, 0.1) is 188 Å². The quantitative estimate of drug-likeness (QED) is 0.0378. The van der Waals surface area contributed by atoms with Crippen LogP contribution >= 0.6 is 0 Å². The zero-order chi connectivity index (χ0) is 99.1. The van der Waals surface area contributed by atoms with Gasteiger partial charge in [-0.2, -0.15) is 0 Å². The molecular weight excluding hydrogens is 1840 g/mol. The van der Waals surface area contributed by atoms with Crippen molar-refractivity contribution in [2.24, 2.45) is 21.7 Å². The highest BCUT2D eigenvalue weighted by molar-refractivity contribution is 5.92. The number of allylic oxidation sites excluding steroid dienone is 4. The number of nitrogens with zero attached hydrogens (tertiary/aromatic N) is 10. The summed E-state index contributed by atoms with van der Waals surface area (Å²) in [6.07, 6.45) is 23.5. The highest BCUT2D eigenvalue weighted by Gasteiger charge is 2.54. The molecule has 144 heavy (non-hydrogen) atoms. The van der Waals surface area contributed by atoms with E-state index < -0.39 is 11.6 Å². The van der Waals surface area contributed by atoms with Crippen molar-refractivity contribution in [1.82, 2.24) is 49.5 Å². The fraction of sp³-hybridized carbons (Fsp3) is 0.375. The lowest BCUT2D eigenvalue weighted by molar-refractivity contribution is -0.195. The van der Waals surface area contributed by atoms with E-state index in [1.807, 2.05) is 82.0 Å². The second-order valence-corrected chi connectivity index (χ2v) is 39.8. The van der Waals surface area contributed by atoms with Crippen LogP contribution in [0.3, 0.4) is 0 Å². The van der Waals surface area contributed by atoms with E-state index in [4.69, 9.17) is 75.8 Å². The molecule has 8 fully saturated rings. The van der Waals surface area contributed by atoms with Crippen LogP contribution in [-0.4, -0.2) is 233 Å². The van der Waals surface area contributed by atoms with Crippen molar-refractivity contribution in [3.8, 4) is 92.0 Å². The zero-order valence-corrected chi connectivity index (χ0v) is 81.8. The average Bonchev–Trinajstić information content (AvgIpc) is 1.10. The normalized spacial score (nSPS) is 17.3. The molecule has 0 bridgehead atoms. The maximum atomic E-state index is 15.1. The fourth-order valence-electron chi connectivity index (χ4n) is 20.4.